The molecule has 0 saturated carbocycles. The Labute approximate surface area is 152 Å². The van der Waals surface area contributed by atoms with Crippen LogP contribution in [0.3, 0.4) is 0 Å². The Morgan fingerprint density at radius 2 is 1.68 bits per heavy atom. The standard InChI is InChI=1S/C16H10Br3NO2/c17-10-6-12(18)16(13(19)7-10)22-8-9-5-15(21)20-14-4-2-1-3-11(9)14/h1-7H,8H2,(H,20,21). The number of nitrogens with one attached hydrogen (secondary N) is 1. The van der Waals surface area contributed by atoms with Crippen LogP contribution >= 0.6 is 47.8 Å². The third kappa shape index (κ3) is 3.29. The number of hydrogen-bond donors (Lipinski definition) is 1. The van der Waals surface area contributed by atoms with Crippen molar-refractivity contribution in [3.8, 4) is 5.75 Å². The Balaban J connectivity index is 1.97. The lowest BCUT2D eigenvalue weighted by Gasteiger charge is -2.12. The molecule has 0 aliphatic carbocycles. The molecule has 3 nitrogen and oxygen atoms in total. The van der Waals surface area contributed by atoms with Crippen molar-refractivity contribution < 1.29 is 4.74 Å². The second-order valence-electron chi connectivity index (χ2n) is 4.69. The smallest absolute Gasteiger partial charge is 0.248 e. The van der Waals surface area contributed by atoms with Crippen molar-refractivity contribution in [3.63, 3.8) is 0 Å². The average Bonchev–Trinajstić information content (AvgIpc) is 2.45. The van der Waals surface area contributed by atoms with Crippen LogP contribution in [0.5, 0.6) is 5.75 Å². The summed E-state index contributed by atoms with van der Waals surface area (Å²) in [4.78, 5) is 14.6. The quantitative estimate of drug-likeness (QED) is 0.538. The highest BCUT2D eigenvalue weighted by molar-refractivity contribution is 9.11. The number of benzene rings is 2. The molecular weight excluding hydrogens is 478 g/mol. The normalized spacial score (nSPS) is 10.9. The number of halogens is 3. The Morgan fingerprint density at radius 1 is 1.00 bits per heavy atom. The summed E-state index contributed by atoms with van der Waals surface area (Å²) in [5.74, 6) is 0.701. The number of hydrogen-bond acceptors (Lipinski definition) is 2. The van der Waals surface area contributed by atoms with E-state index in [2.05, 4.69) is 52.8 Å². The van der Waals surface area contributed by atoms with Crippen LogP contribution in [-0.2, 0) is 6.61 Å². The van der Waals surface area contributed by atoms with Crippen LogP contribution in [0.1, 0.15) is 5.56 Å². The van der Waals surface area contributed by atoms with Gasteiger partial charge in [-0.25, -0.2) is 0 Å². The summed E-state index contributed by atoms with van der Waals surface area (Å²) in [5, 5.41) is 0.978. The first-order valence-corrected chi connectivity index (χ1v) is 8.81. The Bertz CT molecular complexity index is 882. The molecule has 0 aliphatic heterocycles. The van der Waals surface area contributed by atoms with E-state index in [-0.39, 0.29) is 5.56 Å². The fraction of sp³-hybridized carbons (Fsp3) is 0.0625. The first-order valence-electron chi connectivity index (χ1n) is 6.43. The summed E-state index contributed by atoms with van der Waals surface area (Å²) in [6.45, 7) is 0.309. The summed E-state index contributed by atoms with van der Waals surface area (Å²) in [6, 6.07) is 13.1. The van der Waals surface area contributed by atoms with E-state index in [9.17, 15) is 4.79 Å². The van der Waals surface area contributed by atoms with Gasteiger partial charge in [-0.15, -0.1) is 0 Å². The molecule has 0 spiro atoms. The molecule has 3 rings (SSSR count). The monoisotopic (exact) mass is 485 g/mol. The average molecular weight is 488 g/mol. The van der Waals surface area contributed by atoms with E-state index >= 15 is 0 Å². The predicted molar refractivity (Wildman–Crippen MR) is 98.4 cm³/mol. The van der Waals surface area contributed by atoms with E-state index in [4.69, 9.17) is 4.74 Å². The SMILES string of the molecule is O=c1cc(COc2c(Br)cc(Br)cc2Br)c2ccccc2[nH]1. The molecule has 22 heavy (non-hydrogen) atoms. The largest absolute Gasteiger partial charge is 0.487 e. The second kappa shape index (κ2) is 6.56. The van der Waals surface area contributed by atoms with Gasteiger partial charge in [-0.1, -0.05) is 34.1 Å². The molecule has 0 fully saturated rings. The van der Waals surface area contributed by atoms with Gasteiger partial charge < -0.3 is 9.72 Å². The zero-order valence-corrected chi connectivity index (χ0v) is 16.0. The van der Waals surface area contributed by atoms with Gasteiger partial charge in [0.1, 0.15) is 12.4 Å². The zero-order valence-electron chi connectivity index (χ0n) is 11.2. The van der Waals surface area contributed by atoms with E-state index in [1.54, 1.807) is 6.07 Å². The number of rotatable bonds is 3. The number of fused-ring (bicyclic) bond motifs is 1. The highest BCUT2D eigenvalue weighted by Crippen LogP contribution is 2.37. The molecule has 6 heteroatoms. The summed E-state index contributed by atoms with van der Waals surface area (Å²) < 4.78 is 8.52. The fourth-order valence-corrected chi connectivity index (χ4v) is 4.70. The van der Waals surface area contributed by atoms with E-state index in [0.29, 0.717) is 12.4 Å². The van der Waals surface area contributed by atoms with Gasteiger partial charge in [0.25, 0.3) is 0 Å². The lowest BCUT2D eigenvalue weighted by Crippen LogP contribution is -2.08. The van der Waals surface area contributed by atoms with E-state index in [0.717, 1.165) is 29.9 Å². The maximum atomic E-state index is 11.8. The highest BCUT2D eigenvalue weighted by Gasteiger charge is 2.10. The van der Waals surface area contributed by atoms with Crippen LogP contribution in [0.2, 0.25) is 0 Å². The topological polar surface area (TPSA) is 42.1 Å². The molecule has 0 bridgehead atoms. The molecule has 112 valence electrons. The van der Waals surface area contributed by atoms with Crippen molar-refractivity contribution >= 4 is 58.7 Å². The van der Waals surface area contributed by atoms with Crippen molar-refractivity contribution in [3.05, 3.63) is 71.8 Å². The molecule has 3 aromatic rings. The Hall–Kier alpha value is -1.11. The maximum Gasteiger partial charge on any atom is 0.248 e. The molecule has 2 aromatic carbocycles. The van der Waals surface area contributed by atoms with Gasteiger partial charge >= 0.3 is 0 Å². The number of pyridine rings is 1. The fourth-order valence-electron chi connectivity index (χ4n) is 2.21. The summed E-state index contributed by atoms with van der Waals surface area (Å²) in [5.41, 5.74) is 1.52. The number of aromatic nitrogens is 1. The van der Waals surface area contributed by atoms with Crippen LogP contribution in [0, 0.1) is 0 Å². The molecule has 0 unspecified atom stereocenters. The van der Waals surface area contributed by atoms with Gasteiger partial charge in [0, 0.05) is 27.0 Å². The van der Waals surface area contributed by atoms with Gasteiger partial charge in [0.15, 0.2) is 0 Å². The second-order valence-corrected chi connectivity index (χ2v) is 7.32. The van der Waals surface area contributed by atoms with E-state index < -0.39 is 0 Å². The van der Waals surface area contributed by atoms with Gasteiger partial charge in [0.2, 0.25) is 5.56 Å². The Kier molecular flexibility index (Phi) is 4.70. The molecule has 0 aliphatic rings. The van der Waals surface area contributed by atoms with E-state index in [1.165, 1.54) is 0 Å². The van der Waals surface area contributed by atoms with Crippen molar-refractivity contribution in [2.75, 3.05) is 0 Å². The van der Waals surface area contributed by atoms with Crippen molar-refractivity contribution in [2.24, 2.45) is 0 Å². The van der Waals surface area contributed by atoms with Crippen LogP contribution in [-0.4, -0.2) is 4.98 Å². The van der Waals surface area contributed by atoms with Crippen LogP contribution in [0.4, 0.5) is 0 Å². The van der Waals surface area contributed by atoms with Gasteiger partial charge in [-0.3, -0.25) is 4.79 Å². The summed E-state index contributed by atoms with van der Waals surface area (Å²) in [6.07, 6.45) is 0. The number of aromatic amines is 1. The summed E-state index contributed by atoms with van der Waals surface area (Å²) in [7, 11) is 0. The maximum absolute atomic E-state index is 11.8. The molecule has 1 heterocycles. The number of para-hydroxylation sites is 1. The van der Waals surface area contributed by atoms with Gasteiger partial charge in [0.05, 0.1) is 8.95 Å². The summed E-state index contributed by atoms with van der Waals surface area (Å²) >= 11 is 10.4. The molecule has 1 aromatic heterocycles. The number of ether oxygens (including phenoxy) is 1. The lowest BCUT2D eigenvalue weighted by atomic mass is 10.1. The third-order valence-electron chi connectivity index (χ3n) is 3.17. The molecular formula is C16H10Br3NO2. The van der Waals surface area contributed by atoms with Crippen molar-refractivity contribution in [1.82, 2.24) is 4.98 Å². The molecule has 0 atom stereocenters. The highest BCUT2D eigenvalue weighted by atomic mass is 79.9. The van der Waals surface area contributed by atoms with Crippen LogP contribution < -0.4 is 10.3 Å². The molecule has 0 saturated heterocycles. The molecule has 0 radical (unpaired) electrons. The number of H-pyrrole nitrogens is 1. The van der Waals surface area contributed by atoms with Crippen molar-refractivity contribution in [2.45, 2.75) is 6.61 Å². The zero-order chi connectivity index (χ0) is 15.7. The first-order chi connectivity index (χ1) is 10.5. The minimum absolute atomic E-state index is 0.133. The predicted octanol–water partition coefficient (Wildman–Crippen LogP) is 5.39. The van der Waals surface area contributed by atoms with Crippen LogP contribution in [0.15, 0.2) is 60.7 Å². The van der Waals surface area contributed by atoms with Gasteiger partial charge in [-0.2, -0.15) is 0 Å². The third-order valence-corrected chi connectivity index (χ3v) is 4.81. The van der Waals surface area contributed by atoms with Gasteiger partial charge in [-0.05, 0) is 50.1 Å². The lowest BCUT2D eigenvalue weighted by molar-refractivity contribution is 0.303. The molecule has 0 amide bonds. The van der Waals surface area contributed by atoms with Crippen molar-refractivity contribution in [1.29, 1.82) is 0 Å². The first kappa shape index (κ1) is 15.8. The minimum atomic E-state index is -0.133. The molecule has 1 N–H and O–H groups in total. The van der Waals surface area contributed by atoms with E-state index in [1.807, 2.05) is 36.4 Å². The Morgan fingerprint density at radius 3 is 2.41 bits per heavy atom. The minimum Gasteiger partial charge on any atom is -0.487 e. The van der Waals surface area contributed by atoms with Crippen LogP contribution in [0.25, 0.3) is 10.9 Å².